The fraction of sp³-hybridized carbons (Fsp3) is 0. The van der Waals surface area contributed by atoms with Crippen LogP contribution in [0.3, 0.4) is 0 Å². The maximum Gasteiger partial charge on any atom is 0.151 e. The van der Waals surface area contributed by atoms with Gasteiger partial charge in [0.15, 0.2) is 5.82 Å². The van der Waals surface area contributed by atoms with Gasteiger partial charge in [0, 0.05) is 6.07 Å². The van der Waals surface area contributed by atoms with E-state index in [9.17, 15) is 4.39 Å². The van der Waals surface area contributed by atoms with Crippen molar-refractivity contribution in [3.05, 3.63) is 53.3 Å². The van der Waals surface area contributed by atoms with E-state index in [1.54, 1.807) is 30.3 Å². The number of nitrogens with two attached hydrogens (primary N) is 1. The molecule has 2 aromatic rings. The van der Waals surface area contributed by atoms with E-state index >= 15 is 0 Å². The Bertz CT molecular complexity index is 534. The number of nitrogens with one attached hydrogen (secondary N) is 1. The first kappa shape index (κ1) is 11.7. The molecular formula is C12H10ClFN2O. The van der Waals surface area contributed by atoms with Gasteiger partial charge in [-0.1, -0.05) is 23.7 Å². The van der Waals surface area contributed by atoms with Crippen LogP contribution in [0.5, 0.6) is 11.5 Å². The minimum absolute atomic E-state index is 0.205. The van der Waals surface area contributed by atoms with Crippen LogP contribution in [0.4, 0.5) is 10.1 Å². The van der Waals surface area contributed by atoms with Gasteiger partial charge in [0.25, 0.3) is 0 Å². The number of hydrogen-bond acceptors (Lipinski definition) is 3. The molecule has 88 valence electrons. The maximum absolute atomic E-state index is 13.4. The molecule has 17 heavy (non-hydrogen) atoms. The molecule has 0 amide bonds. The van der Waals surface area contributed by atoms with E-state index in [0.717, 1.165) is 0 Å². The van der Waals surface area contributed by atoms with Crippen molar-refractivity contribution in [3.63, 3.8) is 0 Å². The van der Waals surface area contributed by atoms with E-state index in [4.69, 9.17) is 22.2 Å². The molecular weight excluding hydrogens is 243 g/mol. The van der Waals surface area contributed by atoms with E-state index in [0.29, 0.717) is 16.5 Å². The maximum atomic E-state index is 13.4. The molecule has 0 bridgehead atoms. The van der Waals surface area contributed by atoms with Gasteiger partial charge < -0.3 is 10.2 Å². The van der Waals surface area contributed by atoms with Crippen molar-refractivity contribution in [2.75, 3.05) is 5.43 Å². The first-order valence-corrected chi connectivity index (χ1v) is 5.27. The van der Waals surface area contributed by atoms with Crippen LogP contribution < -0.4 is 16.0 Å². The number of nitrogen functional groups attached to an aromatic ring is 1. The summed E-state index contributed by atoms with van der Waals surface area (Å²) in [6.07, 6.45) is 0. The van der Waals surface area contributed by atoms with Gasteiger partial charge in [-0.3, -0.25) is 5.84 Å². The zero-order chi connectivity index (χ0) is 12.3. The number of anilines is 1. The molecule has 0 heterocycles. The lowest BCUT2D eigenvalue weighted by Crippen LogP contribution is -2.08. The Kier molecular flexibility index (Phi) is 3.46. The first-order valence-electron chi connectivity index (χ1n) is 4.89. The first-order chi connectivity index (χ1) is 8.20. The van der Waals surface area contributed by atoms with E-state index in [1.165, 1.54) is 12.1 Å². The van der Waals surface area contributed by atoms with E-state index < -0.39 is 5.82 Å². The van der Waals surface area contributed by atoms with Gasteiger partial charge in [0.2, 0.25) is 0 Å². The highest BCUT2D eigenvalue weighted by molar-refractivity contribution is 6.32. The van der Waals surface area contributed by atoms with E-state index in [1.807, 2.05) is 0 Å². The summed E-state index contributed by atoms with van der Waals surface area (Å²) < 4.78 is 18.8. The van der Waals surface area contributed by atoms with Crippen molar-refractivity contribution in [2.45, 2.75) is 0 Å². The van der Waals surface area contributed by atoms with Gasteiger partial charge in [-0.2, -0.15) is 0 Å². The lowest BCUT2D eigenvalue weighted by atomic mass is 10.3. The second kappa shape index (κ2) is 5.03. The highest BCUT2D eigenvalue weighted by atomic mass is 35.5. The fourth-order valence-corrected chi connectivity index (χ4v) is 1.51. The largest absolute Gasteiger partial charge is 0.456 e. The third-order valence-corrected chi connectivity index (χ3v) is 2.47. The van der Waals surface area contributed by atoms with Gasteiger partial charge in [-0.05, 0) is 24.3 Å². The predicted octanol–water partition coefficient (Wildman–Crippen LogP) is 3.56. The van der Waals surface area contributed by atoms with Crippen LogP contribution in [0.25, 0.3) is 0 Å². The molecule has 0 spiro atoms. The average molecular weight is 253 g/mol. The van der Waals surface area contributed by atoms with Crippen LogP contribution in [-0.2, 0) is 0 Å². The molecule has 3 N–H and O–H groups in total. The predicted molar refractivity (Wildman–Crippen MR) is 65.7 cm³/mol. The van der Waals surface area contributed by atoms with Crippen molar-refractivity contribution in [1.82, 2.24) is 0 Å². The molecule has 2 aromatic carbocycles. The van der Waals surface area contributed by atoms with Crippen molar-refractivity contribution in [1.29, 1.82) is 0 Å². The number of hydrazine groups is 1. The molecule has 0 fully saturated rings. The highest BCUT2D eigenvalue weighted by Gasteiger charge is 2.05. The topological polar surface area (TPSA) is 47.3 Å². The lowest BCUT2D eigenvalue weighted by Gasteiger charge is -2.08. The molecule has 0 unspecified atom stereocenters. The number of benzene rings is 2. The summed E-state index contributed by atoms with van der Waals surface area (Å²) in [5.74, 6) is 5.47. The Labute approximate surface area is 103 Å². The molecule has 3 nitrogen and oxygen atoms in total. The Morgan fingerprint density at radius 2 is 1.94 bits per heavy atom. The average Bonchev–Trinajstić information content (AvgIpc) is 2.32. The standard InChI is InChI=1S/C12H10ClFN2O/c13-9-3-1-2-4-12(9)17-8-5-6-11(16-15)10(14)7-8/h1-7,16H,15H2. The minimum Gasteiger partial charge on any atom is -0.456 e. The third kappa shape index (κ3) is 2.67. The van der Waals surface area contributed by atoms with Gasteiger partial charge in [-0.25, -0.2) is 4.39 Å². The Morgan fingerprint density at radius 3 is 2.59 bits per heavy atom. The van der Waals surface area contributed by atoms with Crippen LogP contribution in [0.1, 0.15) is 0 Å². The quantitative estimate of drug-likeness (QED) is 0.649. The van der Waals surface area contributed by atoms with E-state index in [-0.39, 0.29) is 5.69 Å². The number of para-hydroxylation sites is 1. The minimum atomic E-state index is -0.489. The summed E-state index contributed by atoms with van der Waals surface area (Å²) in [4.78, 5) is 0. The number of hydrogen-bond donors (Lipinski definition) is 2. The Balaban J connectivity index is 2.25. The Morgan fingerprint density at radius 1 is 1.18 bits per heavy atom. The highest BCUT2D eigenvalue weighted by Crippen LogP contribution is 2.30. The number of ether oxygens (including phenoxy) is 1. The molecule has 0 saturated heterocycles. The van der Waals surface area contributed by atoms with Crippen molar-refractivity contribution in [2.24, 2.45) is 5.84 Å². The van der Waals surface area contributed by atoms with Crippen LogP contribution in [-0.4, -0.2) is 0 Å². The number of rotatable bonds is 3. The molecule has 0 radical (unpaired) electrons. The summed E-state index contributed by atoms with van der Waals surface area (Å²) in [6.45, 7) is 0. The summed E-state index contributed by atoms with van der Waals surface area (Å²) in [7, 11) is 0. The molecule has 2 rings (SSSR count). The van der Waals surface area contributed by atoms with Gasteiger partial charge in [0.05, 0.1) is 10.7 Å². The molecule has 0 atom stereocenters. The van der Waals surface area contributed by atoms with Gasteiger partial charge >= 0.3 is 0 Å². The smallest absolute Gasteiger partial charge is 0.151 e. The third-order valence-electron chi connectivity index (χ3n) is 2.16. The molecule has 0 aliphatic rings. The van der Waals surface area contributed by atoms with Crippen LogP contribution in [0.2, 0.25) is 5.02 Å². The zero-order valence-electron chi connectivity index (χ0n) is 8.78. The Hall–Kier alpha value is -1.78. The summed E-state index contributed by atoms with van der Waals surface area (Å²) in [5, 5.41) is 0.467. The van der Waals surface area contributed by atoms with Crippen molar-refractivity contribution < 1.29 is 9.13 Å². The summed E-state index contributed by atoms with van der Waals surface area (Å²) in [5.41, 5.74) is 2.45. The fourth-order valence-electron chi connectivity index (χ4n) is 1.33. The van der Waals surface area contributed by atoms with Crippen LogP contribution >= 0.6 is 11.6 Å². The molecule has 0 aliphatic heterocycles. The summed E-state index contributed by atoms with van der Waals surface area (Å²) in [6, 6.07) is 11.3. The molecule has 0 aliphatic carbocycles. The zero-order valence-corrected chi connectivity index (χ0v) is 9.54. The number of halogens is 2. The molecule has 0 aromatic heterocycles. The lowest BCUT2D eigenvalue weighted by molar-refractivity contribution is 0.477. The van der Waals surface area contributed by atoms with Gasteiger partial charge in [0.1, 0.15) is 11.5 Å². The van der Waals surface area contributed by atoms with Crippen LogP contribution in [0.15, 0.2) is 42.5 Å². The molecule has 5 heteroatoms. The molecule has 0 saturated carbocycles. The van der Waals surface area contributed by atoms with Crippen LogP contribution in [0, 0.1) is 5.82 Å². The normalized spacial score (nSPS) is 10.1. The SMILES string of the molecule is NNc1ccc(Oc2ccccc2Cl)cc1F. The summed E-state index contributed by atoms with van der Waals surface area (Å²) >= 11 is 5.92. The van der Waals surface area contributed by atoms with Crippen molar-refractivity contribution >= 4 is 17.3 Å². The van der Waals surface area contributed by atoms with E-state index in [2.05, 4.69) is 5.43 Å². The van der Waals surface area contributed by atoms with Crippen molar-refractivity contribution in [3.8, 4) is 11.5 Å². The van der Waals surface area contributed by atoms with Gasteiger partial charge in [-0.15, -0.1) is 0 Å². The monoisotopic (exact) mass is 252 g/mol. The second-order valence-electron chi connectivity index (χ2n) is 3.32. The second-order valence-corrected chi connectivity index (χ2v) is 3.73.